The van der Waals surface area contributed by atoms with E-state index in [1.54, 1.807) is 13.8 Å². The van der Waals surface area contributed by atoms with E-state index in [1.807, 2.05) is 0 Å². The van der Waals surface area contributed by atoms with Crippen LogP contribution >= 0.6 is 7.60 Å². The van der Waals surface area contributed by atoms with Crippen molar-refractivity contribution >= 4 is 7.60 Å². The van der Waals surface area contributed by atoms with Gasteiger partial charge in [0, 0.05) is 25.2 Å². The molecule has 10 nitrogen and oxygen atoms in total. The number of aliphatic hydroxyl groups excluding tert-OH is 1. The van der Waals surface area contributed by atoms with Crippen LogP contribution in [-0.4, -0.2) is 53.3 Å². The lowest BCUT2D eigenvalue weighted by atomic mass is 10.1. The first-order valence-electron chi connectivity index (χ1n) is 8.11. The van der Waals surface area contributed by atoms with Crippen molar-refractivity contribution in [2.75, 3.05) is 20.3 Å². The lowest BCUT2D eigenvalue weighted by Crippen LogP contribution is -2.38. The SMILES string of the molecule is CCOP(=O)(/C=C/[C@H]1O[C@@H](n2ccc(=O)[nH]c2=O)C(OC)C1O)OCC. The van der Waals surface area contributed by atoms with Crippen LogP contribution in [0.25, 0.3) is 0 Å². The van der Waals surface area contributed by atoms with Gasteiger partial charge in [0.05, 0.1) is 13.2 Å². The molecule has 1 fully saturated rings. The zero-order valence-corrected chi connectivity index (χ0v) is 15.6. The molecule has 11 heteroatoms. The van der Waals surface area contributed by atoms with Crippen LogP contribution in [0.4, 0.5) is 0 Å². The maximum atomic E-state index is 12.5. The zero-order valence-electron chi connectivity index (χ0n) is 14.7. The summed E-state index contributed by atoms with van der Waals surface area (Å²) in [6.45, 7) is 3.73. The van der Waals surface area contributed by atoms with E-state index in [2.05, 4.69) is 4.98 Å². The molecule has 1 aliphatic rings. The van der Waals surface area contributed by atoms with Crippen LogP contribution in [-0.2, 0) is 23.1 Å². The summed E-state index contributed by atoms with van der Waals surface area (Å²) in [5, 5.41) is 10.4. The van der Waals surface area contributed by atoms with Crippen LogP contribution in [0, 0.1) is 0 Å². The molecule has 2 rings (SSSR count). The van der Waals surface area contributed by atoms with Gasteiger partial charge < -0.3 is 23.6 Å². The number of methoxy groups -OCH3 is 1. The molecule has 146 valence electrons. The first-order valence-corrected chi connectivity index (χ1v) is 9.72. The minimum absolute atomic E-state index is 0.186. The topological polar surface area (TPSA) is 129 Å². The van der Waals surface area contributed by atoms with Crippen LogP contribution in [0.3, 0.4) is 0 Å². The molecule has 1 aliphatic heterocycles. The van der Waals surface area contributed by atoms with E-state index in [4.69, 9.17) is 18.5 Å². The van der Waals surface area contributed by atoms with E-state index in [-0.39, 0.29) is 13.2 Å². The molecule has 0 spiro atoms. The molecule has 0 saturated carbocycles. The van der Waals surface area contributed by atoms with Crippen molar-refractivity contribution in [2.24, 2.45) is 0 Å². The molecule has 0 amide bonds. The van der Waals surface area contributed by atoms with Gasteiger partial charge in [-0.3, -0.25) is 18.9 Å². The molecule has 0 radical (unpaired) electrons. The molecule has 4 atom stereocenters. The second-order valence-corrected chi connectivity index (χ2v) is 7.31. The van der Waals surface area contributed by atoms with Gasteiger partial charge in [-0.05, 0) is 19.9 Å². The fraction of sp³-hybridized carbons (Fsp3) is 0.600. The Bertz CT molecular complexity index is 778. The van der Waals surface area contributed by atoms with Crippen molar-refractivity contribution in [3.8, 4) is 0 Å². The van der Waals surface area contributed by atoms with Gasteiger partial charge in [-0.15, -0.1) is 0 Å². The first kappa shape index (κ1) is 20.8. The summed E-state index contributed by atoms with van der Waals surface area (Å²) in [5.41, 5.74) is -1.25. The van der Waals surface area contributed by atoms with Gasteiger partial charge in [0.2, 0.25) is 0 Å². The number of ether oxygens (including phenoxy) is 2. The van der Waals surface area contributed by atoms with Gasteiger partial charge in [-0.25, -0.2) is 4.79 Å². The van der Waals surface area contributed by atoms with Crippen LogP contribution in [0.2, 0.25) is 0 Å². The van der Waals surface area contributed by atoms with Gasteiger partial charge in [0.15, 0.2) is 6.23 Å². The highest BCUT2D eigenvalue weighted by molar-refractivity contribution is 7.57. The average Bonchev–Trinajstić information content (AvgIpc) is 2.89. The second kappa shape index (κ2) is 8.90. The number of aromatic nitrogens is 2. The minimum atomic E-state index is -3.46. The summed E-state index contributed by atoms with van der Waals surface area (Å²) in [6.07, 6.45) is -1.31. The van der Waals surface area contributed by atoms with E-state index in [0.29, 0.717) is 0 Å². The van der Waals surface area contributed by atoms with Gasteiger partial charge in [0.1, 0.15) is 18.3 Å². The number of nitrogens with zero attached hydrogens (tertiary/aromatic N) is 1. The third-order valence-electron chi connectivity index (χ3n) is 3.72. The Hall–Kier alpha value is -1.55. The molecule has 0 bridgehead atoms. The Morgan fingerprint density at radius 3 is 2.54 bits per heavy atom. The molecule has 2 heterocycles. The van der Waals surface area contributed by atoms with E-state index in [0.717, 1.165) is 10.6 Å². The van der Waals surface area contributed by atoms with Crippen molar-refractivity contribution < 1.29 is 28.2 Å². The van der Waals surface area contributed by atoms with Gasteiger partial charge in [-0.1, -0.05) is 0 Å². The summed E-state index contributed by atoms with van der Waals surface area (Å²) in [4.78, 5) is 25.3. The Labute approximate surface area is 149 Å². The maximum Gasteiger partial charge on any atom is 0.353 e. The number of H-pyrrole nitrogens is 1. The van der Waals surface area contributed by atoms with E-state index >= 15 is 0 Å². The van der Waals surface area contributed by atoms with Gasteiger partial charge in [-0.2, -0.15) is 0 Å². The van der Waals surface area contributed by atoms with Crippen LogP contribution in [0.15, 0.2) is 33.7 Å². The Balaban J connectivity index is 2.27. The summed E-state index contributed by atoms with van der Waals surface area (Å²) >= 11 is 0. The zero-order chi connectivity index (χ0) is 19.3. The fourth-order valence-corrected chi connectivity index (χ4v) is 3.96. The number of hydrogen-bond acceptors (Lipinski definition) is 8. The minimum Gasteiger partial charge on any atom is -0.387 e. The molecule has 0 aliphatic carbocycles. The van der Waals surface area contributed by atoms with Crippen molar-refractivity contribution in [3.63, 3.8) is 0 Å². The molecular weight excluding hydrogens is 367 g/mol. The smallest absolute Gasteiger partial charge is 0.353 e. The lowest BCUT2D eigenvalue weighted by Gasteiger charge is -2.19. The molecule has 26 heavy (non-hydrogen) atoms. The molecule has 0 aromatic carbocycles. The van der Waals surface area contributed by atoms with Gasteiger partial charge >= 0.3 is 13.3 Å². The number of nitrogens with one attached hydrogen (secondary N) is 1. The fourth-order valence-electron chi connectivity index (χ4n) is 2.61. The maximum absolute atomic E-state index is 12.5. The van der Waals surface area contributed by atoms with Crippen LogP contribution in [0.5, 0.6) is 0 Å². The summed E-state index contributed by atoms with van der Waals surface area (Å²) < 4.78 is 34.8. The third-order valence-corrected chi connectivity index (χ3v) is 5.50. The van der Waals surface area contributed by atoms with Crippen molar-refractivity contribution in [2.45, 2.75) is 38.4 Å². The Morgan fingerprint density at radius 1 is 1.35 bits per heavy atom. The molecule has 1 saturated heterocycles. The Kier molecular flexibility index (Phi) is 7.10. The normalized spacial score (nSPS) is 26.6. The lowest BCUT2D eigenvalue weighted by molar-refractivity contribution is -0.0491. The molecule has 2 N–H and O–H groups in total. The monoisotopic (exact) mass is 390 g/mol. The summed E-state index contributed by atoms with van der Waals surface area (Å²) in [7, 11) is -2.10. The van der Waals surface area contributed by atoms with Crippen molar-refractivity contribution in [1.82, 2.24) is 9.55 Å². The third kappa shape index (κ3) is 4.59. The molecular formula is C15H23N2O8P. The standard InChI is InChI=1S/C15H23N2O8P/c1-4-23-26(21,24-5-2)9-7-10-12(19)13(22-3)14(25-10)17-8-6-11(18)16-15(17)20/h6-10,12-14,19H,4-5H2,1-3H3,(H,16,18,20)/b9-7+/t10-,12?,13?,14-/m1/s1. The number of hydrogen-bond donors (Lipinski definition) is 2. The largest absolute Gasteiger partial charge is 0.387 e. The van der Waals surface area contributed by atoms with Gasteiger partial charge in [0.25, 0.3) is 5.56 Å². The van der Waals surface area contributed by atoms with E-state index < -0.39 is 43.4 Å². The number of aromatic amines is 1. The predicted octanol–water partition coefficient (Wildman–Crippen LogP) is 0.590. The molecule has 1 aromatic rings. The highest BCUT2D eigenvalue weighted by atomic mass is 31.2. The average molecular weight is 390 g/mol. The predicted molar refractivity (Wildman–Crippen MR) is 92.0 cm³/mol. The summed E-state index contributed by atoms with van der Waals surface area (Å²) in [6, 6.07) is 1.16. The van der Waals surface area contributed by atoms with Crippen molar-refractivity contribution in [1.29, 1.82) is 0 Å². The highest BCUT2D eigenvalue weighted by Gasteiger charge is 2.44. The van der Waals surface area contributed by atoms with Crippen molar-refractivity contribution in [3.05, 3.63) is 45.0 Å². The second-order valence-electron chi connectivity index (χ2n) is 5.42. The van der Waals surface area contributed by atoms with Crippen LogP contribution < -0.4 is 11.2 Å². The first-order chi connectivity index (χ1) is 12.3. The number of aliphatic hydroxyl groups is 1. The number of rotatable bonds is 8. The Morgan fingerprint density at radius 2 is 2.00 bits per heavy atom. The summed E-state index contributed by atoms with van der Waals surface area (Å²) in [5.74, 6) is 1.22. The van der Waals surface area contributed by atoms with Crippen LogP contribution in [0.1, 0.15) is 20.1 Å². The van der Waals surface area contributed by atoms with E-state index in [1.165, 1.54) is 25.2 Å². The quantitative estimate of drug-likeness (QED) is 0.617. The molecule has 1 aromatic heterocycles. The highest BCUT2D eigenvalue weighted by Crippen LogP contribution is 2.50. The van der Waals surface area contributed by atoms with E-state index in [9.17, 15) is 19.3 Å². The molecule has 2 unspecified atom stereocenters.